The van der Waals surface area contributed by atoms with Crippen LogP contribution in [0.3, 0.4) is 0 Å². The Kier molecular flexibility index (Phi) is 4.97. The van der Waals surface area contributed by atoms with Crippen LogP contribution in [0.15, 0.2) is 30.6 Å². The van der Waals surface area contributed by atoms with Crippen LogP contribution in [0.5, 0.6) is 0 Å². The van der Waals surface area contributed by atoms with E-state index in [1.165, 1.54) is 12.4 Å². The highest BCUT2D eigenvalue weighted by atomic mass is 16.5. The van der Waals surface area contributed by atoms with Crippen molar-refractivity contribution >= 4 is 22.4 Å². The molecule has 8 nitrogen and oxygen atoms in total. The normalized spacial score (nSPS) is 12.8. The predicted molar refractivity (Wildman–Crippen MR) is 113 cm³/mol. The summed E-state index contributed by atoms with van der Waals surface area (Å²) in [4.78, 5) is 17.6. The number of aromatic nitrogens is 3. The van der Waals surface area contributed by atoms with Crippen LogP contribution >= 0.6 is 0 Å². The zero-order chi connectivity index (χ0) is 20.7. The molecule has 1 aromatic carbocycles. The minimum atomic E-state index is -0.0711. The van der Waals surface area contributed by atoms with Gasteiger partial charge in [0.25, 0.3) is 0 Å². The molecule has 152 valence electrons. The third-order valence-electron chi connectivity index (χ3n) is 5.21. The van der Waals surface area contributed by atoms with Crippen molar-refractivity contribution in [3.63, 3.8) is 0 Å². The van der Waals surface area contributed by atoms with Gasteiger partial charge < -0.3 is 20.3 Å². The Bertz CT molecular complexity index is 1090. The topological polar surface area (TPSA) is 80.3 Å². The summed E-state index contributed by atoms with van der Waals surface area (Å²) in [6.45, 7) is 3.11. The smallest absolute Gasteiger partial charge is 0.197 e. The number of nitrogens with zero attached hydrogens (tertiary/aromatic N) is 5. The van der Waals surface area contributed by atoms with Crippen LogP contribution in [0, 0.1) is 5.21 Å². The minimum absolute atomic E-state index is 0.0711. The van der Waals surface area contributed by atoms with E-state index in [1.807, 2.05) is 45.0 Å². The maximum absolute atomic E-state index is 13.4. The molecule has 0 atom stereocenters. The third kappa shape index (κ3) is 3.45. The van der Waals surface area contributed by atoms with E-state index < -0.39 is 0 Å². The zero-order valence-corrected chi connectivity index (χ0v) is 17.3. The molecule has 1 aliphatic carbocycles. The highest BCUT2D eigenvalue weighted by Crippen LogP contribution is 2.41. The molecule has 0 fully saturated rings. The van der Waals surface area contributed by atoms with Crippen LogP contribution in [0.1, 0.15) is 15.9 Å². The number of anilines is 1. The first-order valence-electron chi connectivity index (χ1n) is 9.71. The highest BCUT2D eigenvalue weighted by molar-refractivity contribution is 6.27. The summed E-state index contributed by atoms with van der Waals surface area (Å²) in [7, 11) is 8.06. The van der Waals surface area contributed by atoms with Crippen molar-refractivity contribution in [2.75, 3.05) is 53.1 Å². The Morgan fingerprint density at radius 2 is 1.86 bits per heavy atom. The van der Waals surface area contributed by atoms with Crippen LogP contribution in [0.25, 0.3) is 22.2 Å². The van der Waals surface area contributed by atoms with Gasteiger partial charge in [0.2, 0.25) is 0 Å². The van der Waals surface area contributed by atoms with Crippen molar-refractivity contribution in [2.45, 2.75) is 6.54 Å². The molecule has 1 N–H and O–H groups in total. The molecule has 0 unspecified atom stereocenters. The molecule has 0 saturated heterocycles. The first-order chi connectivity index (χ1) is 13.9. The summed E-state index contributed by atoms with van der Waals surface area (Å²) in [5.74, 6) is -0.0711. The van der Waals surface area contributed by atoms with Gasteiger partial charge in [-0.1, -0.05) is 0 Å². The number of benzene rings is 1. The second-order valence-corrected chi connectivity index (χ2v) is 7.95. The highest BCUT2D eigenvalue weighted by Gasteiger charge is 2.32. The molecular weight excluding hydrogens is 368 g/mol. The number of likely N-dealkylation sites (N-methyl/N-ethyl adjacent to an activating group) is 2. The van der Waals surface area contributed by atoms with Gasteiger partial charge in [-0.3, -0.25) is 9.48 Å². The van der Waals surface area contributed by atoms with Gasteiger partial charge in [-0.05, 0) is 40.3 Å². The van der Waals surface area contributed by atoms with Gasteiger partial charge in [0, 0.05) is 42.3 Å². The van der Waals surface area contributed by atoms with Gasteiger partial charge >= 0.3 is 0 Å². The molecule has 1 aliphatic rings. The van der Waals surface area contributed by atoms with Crippen LogP contribution < -0.4 is 10.0 Å². The summed E-state index contributed by atoms with van der Waals surface area (Å²) in [5.41, 5.74) is 4.18. The van der Waals surface area contributed by atoms with Gasteiger partial charge in [0.15, 0.2) is 18.2 Å². The summed E-state index contributed by atoms with van der Waals surface area (Å²) in [6.07, 6.45) is 2.81. The van der Waals surface area contributed by atoms with Gasteiger partial charge in [-0.25, -0.2) is 0 Å². The van der Waals surface area contributed by atoms with Gasteiger partial charge in [-0.15, -0.1) is 0 Å². The lowest BCUT2D eigenvalue weighted by atomic mass is 9.87. The number of nitrogens with one attached hydrogen (secondary N) is 1. The van der Waals surface area contributed by atoms with E-state index in [9.17, 15) is 10.0 Å². The van der Waals surface area contributed by atoms with Crippen molar-refractivity contribution in [1.29, 1.82) is 0 Å². The average Bonchev–Trinajstić information content (AvgIpc) is 3.03. The number of carbonyl (C=O) groups is 1. The van der Waals surface area contributed by atoms with Crippen molar-refractivity contribution in [3.05, 3.63) is 46.9 Å². The van der Waals surface area contributed by atoms with Gasteiger partial charge in [-0.2, -0.15) is 9.83 Å². The number of fused-ring (bicyclic) bond motifs is 2. The molecule has 4 rings (SSSR count). The van der Waals surface area contributed by atoms with Crippen LogP contribution in [-0.4, -0.2) is 73.2 Å². The Hall–Kier alpha value is -2.97. The number of hydrogen-bond acceptors (Lipinski definition) is 6. The van der Waals surface area contributed by atoms with E-state index in [1.54, 1.807) is 6.07 Å². The molecule has 8 heteroatoms. The molecular formula is C21H26N6O2. The maximum Gasteiger partial charge on any atom is 0.197 e. The summed E-state index contributed by atoms with van der Waals surface area (Å²) < 4.78 is 2.66. The van der Waals surface area contributed by atoms with Gasteiger partial charge in [0.05, 0.1) is 23.2 Å². The minimum Gasteiger partial charge on any atom is -0.619 e. The zero-order valence-electron chi connectivity index (χ0n) is 17.3. The fraction of sp³-hybridized carbons (Fsp3) is 0.381. The van der Waals surface area contributed by atoms with E-state index in [-0.39, 0.29) is 5.78 Å². The van der Waals surface area contributed by atoms with Crippen molar-refractivity contribution in [1.82, 2.24) is 19.6 Å². The van der Waals surface area contributed by atoms with Crippen molar-refractivity contribution < 1.29 is 9.52 Å². The third-order valence-corrected chi connectivity index (χ3v) is 5.21. The predicted octanol–water partition coefficient (Wildman–Crippen LogP) is 1.42. The number of carbonyl (C=O) groups excluding carboxylic acids is 1. The Labute approximate surface area is 169 Å². The van der Waals surface area contributed by atoms with Crippen molar-refractivity contribution in [2.24, 2.45) is 0 Å². The lowest BCUT2D eigenvalue weighted by molar-refractivity contribution is -0.604. The van der Waals surface area contributed by atoms with Crippen LogP contribution in [0.4, 0.5) is 5.69 Å². The monoisotopic (exact) mass is 394 g/mol. The molecule has 0 radical (unpaired) electrons. The molecule has 0 bridgehead atoms. The lowest BCUT2D eigenvalue weighted by Gasteiger charge is -2.19. The first kappa shape index (κ1) is 19.4. The maximum atomic E-state index is 13.4. The Balaban J connectivity index is 1.89. The van der Waals surface area contributed by atoms with E-state index in [2.05, 4.69) is 15.1 Å². The fourth-order valence-corrected chi connectivity index (χ4v) is 3.72. The van der Waals surface area contributed by atoms with E-state index in [0.29, 0.717) is 28.9 Å². The lowest BCUT2D eigenvalue weighted by Crippen LogP contribution is -2.27. The molecule has 0 aliphatic heterocycles. The second-order valence-electron chi connectivity index (χ2n) is 7.95. The number of pyridine rings is 1. The second kappa shape index (κ2) is 7.46. The standard InChI is InChI=1S/C21H26N6O2/c1-24(2)10-8-22-16-5-6-17-19-18(16)21(28)14-7-9-26(29)13-15(14)20(19)23-27(17)12-11-25(3)4/h5-7,9,13,22H,8,10-12H2,1-4H3. The molecule has 0 spiro atoms. The van der Waals surface area contributed by atoms with E-state index in [4.69, 9.17) is 5.10 Å². The largest absolute Gasteiger partial charge is 0.619 e. The SMILES string of the molecule is CN(C)CCNc1ccc2c3c(nn2CCN(C)C)-c2c[n+]([O-])ccc2C(=O)c13. The van der Waals surface area contributed by atoms with Crippen LogP contribution in [-0.2, 0) is 6.54 Å². The number of hydrogen-bond donors (Lipinski definition) is 1. The summed E-state index contributed by atoms with van der Waals surface area (Å²) >= 11 is 0. The number of ketones is 1. The summed E-state index contributed by atoms with van der Waals surface area (Å²) in [5, 5.41) is 21.0. The van der Waals surface area contributed by atoms with Crippen LogP contribution in [0.2, 0.25) is 0 Å². The molecule has 29 heavy (non-hydrogen) atoms. The molecule has 2 heterocycles. The van der Waals surface area contributed by atoms with E-state index in [0.717, 1.165) is 41.0 Å². The van der Waals surface area contributed by atoms with Gasteiger partial charge in [0.1, 0.15) is 5.69 Å². The number of rotatable bonds is 7. The average molecular weight is 394 g/mol. The fourth-order valence-electron chi connectivity index (χ4n) is 3.72. The Morgan fingerprint density at radius 3 is 2.59 bits per heavy atom. The molecule has 0 amide bonds. The summed E-state index contributed by atoms with van der Waals surface area (Å²) in [6, 6.07) is 5.56. The molecule has 3 aromatic rings. The first-order valence-corrected chi connectivity index (χ1v) is 9.71. The molecule has 0 saturated carbocycles. The van der Waals surface area contributed by atoms with E-state index >= 15 is 0 Å². The Morgan fingerprint density at radius 1 is 1.10 bits per heavy atom. The molecule has 2 aromatic heterocycles. The quantitative estimate of drug-likeness (QED) is 0.377. The van der Waals surface area contributed by atoms with Crippen molar-refractivity contribution in [3.8, 4) is 11.3 Å².